The minimum Gasteiger partial charge on any atom is -0.384 e. The number of likely N-dealkylation sites (N-methyl/N-ethyl adjacent to an activating group) is 1. The predicted octanol–water partition coefficient (Wildman–Crippen LogP) is 1.31. The van der Waals surface area contributed by atoms with Gasteiger partial charge in [-0.05, 0) is 24.6 Å². The zero-order chi connectivity index (χ0) is 14.7. The lowest BCUT2D eigenvalue weighted by molar-refractivity contribution is 0.261. The van der Waals surface area contributed by atoms with Gasteiger partial charge in [-0.2, -0.15) is 0 Å². The van der Waals surface area contributed by atoms with Crippen molar-refractivity contribution in [2.24, 2.45) is 5.73 Å². The van der Waals surface area contributed by atoms with Crippen LogP contribution >= 0.6 is 0 Å². The number of aromatic nitrogens is 1. The van der Waals surface area contributed by atoms with Crippen LogP contribution in [0, 0.1) is 5.41 Å². The van der Waals surface area contributed by atoms with Gasteiger partial charge in [0.1, 0.15) is 5.84 Å². The molecule has 20 heavy (non-hydrogen) atoms. The van der Waals surface area contributed by atoms with Crippen LogP contribution in [0.15, 0.2) is 10.9 Å². The molecule has 0 radical (unpaired) electrons. The van der Waals surface area contributed by atoms with Gasteiger partial charge in [-0.25, -0.2) is 0 Å². The van der Waals surface area contributed by atoms with E-state index in [4.69, 9.17) is 11.1 Å². The molecule has 0 aliphatic carbocycles. The fourth-order valence-corrected chi connectivity index (χ4v) is 2.79. The van der Waals surface area contributed by atoms with Crippen LogP contribution in [0.5, 0.6) is 0 Å². The molecule has 1 aliphatic heterocycles. The maximum Gasteiger partial charge on any atom is 0.261 e. The van der Waals surface area contributed by atoms with Crippen molar-refractivity contribution in [2.45, 2.75) is 46.2 Å². The Morgan fingerprint density at radius 2 is 2.20 bits per heavy atom. The number of nitrogens with one attached hydrogen (secondary N) is 1. The van der Waals surface area contributed by atoms with Crippen LogP contribution in [0.25, 0.3) is 0 Å². The number of unbranched alkanes of at least 4 members (excludes halogenated alkanes) is 1. The summed E-state index contributed by atoms with van der Waals surface area (Å²) < 4.78 is 1.85. The van der Waals surface area contributed by atoms with Crippen LogP contribution in [0.1, 0.15) is 43.5 Å². The number of hydrogen-bond acceptors (Lipinski definition) is 3. The van der Waals surface area contributed by atoms with E-state index in [9.17, 15) is 4.79 Å². The molecule has 2 heterocycles. The Labute approximate surface area is 119 Å². The smallest absolute Gasteiger partial charge is 0.261 e. The molecule has 2 rings (SSSR count). The van der Waals surface area contributed by atoms with Gasteiger partial charge < -0.3 is 10.3 Å². The van der Waals surface area contributed by atoms with Crippen molar-refractivity contribution in [1.82, 2.24) is 9.47 Å². The fourth-order valence-electron chi connectivity index (χ4n) is 2.79. The summed E-state index contributed by atoms with van der Waals surface area (Å²) >= 11 is 0. The summed E-state index contributed by atoms with van der Waals surface area (Å²) in [5, 5.41) is 7.61. The van der Waals surface area contributed by atoms with Crippen LogP contribution in [0.2, 0.25) is 0 Å². The van der Waals surface area contributed by atoms with Gasteiger partial charge in [0.25, 0.3) is 5.56 Å². The van der Waals surface area contributed by atoms with Crippen LogP contribution in [-0.2, 0) is 19.5 Å². The molecule has 0 saturated heterocycles. The number of pyridine rings is 1. The minimum atomic E-state index is -0.128. The highest BCUT2D eigenvalue weighted by atomic mass is 16.1. The number of amidine groups is 1. The van der Waals surface area contributed by atoms with E-state index in [0.717, 1.165) is 56.7 Å². The van der Waals surface area contributed by atoms with Gasteiger partial charge in [0, 0.05) is 31.7 Å². The van der Waals surface area contributed by atoms with Gasteiger partial charge in [0.15, 0.2) is 0 Å². The number of nitrogens with two attached hydrogens (primary N) is 1. The van der Waals surface area contributed by atoms with E-state index in [0.29, 0.717) is 5.56 Å². The van der Waals surface area contributed by atoms with Crippen molar-refractivity contribution in [3.05, 3.63) is 33.2 Å². The molecular formula is C15H24N4O. The molecule has 110 valence electrons. The molecule has 0 amide bonds. The molecule has 3 N–H and O–H groups in total. The first-order chi connectivity index (χ1) is 9.58. The fraction of sp³-hybridized carbons (Fsp3) is 0.600. The number of fused-ring (bicyclic) bond motifs is 1. The highest BCUT2D eigenvalue weighted by Crippen LogP contribution is 2.19. The molecule has 0 spiro atoms. The summed E-state index contributed by atoms with van der Waals surface area (Å²) in [6.07, 6.45) is 2.93. The van der Waals surface area contributed by atoms with E-state index in [1.54, 1.807) is 0 Å². The van der Waals surface area contributed by atoms with Crippen LogP contribution in [0.4, 0.5) is 0 Å². The summed E-state index contributed by atoms with van der Waals surface area (Å²) in [4.78, 5) is 14.8. The van der Waals surface area contributed by atoms with E-state index in [2.05, 4.69) is 18.7 Å². The molecule has 1 aromatic rings. The van der Waals surface area contributed by atoms with Gasteiger partial charge >= 0.3 is 0 Å². The maximum absolute atomic E-state index is 12.5. The van der Waals surface area contributed by atoms with Gasteiger partial charge in [-0.3, -0.25) is 15.1 Å². The lowest BCUT2D eigenvalue weighted by Gasteiger charge is -2.30. The number of rotatable bonds is 5. The van der Waals surface area contributed by atoms with E-state index in [1.807, 2.05) is 10.6 Å². The second-order valence-electron chi connectivity index (χ2n) is 5.37. The zero-order valence-electron chi connectivity index (χ0n) is 12.4. The Hall–Kier alpha value is -1.62. The minimum absolute atomic E-state index is 0.102. The third-order valence-electron chi connectivity index (χ3n) is 4.02. The van der Waals surface area contributed by atoms with Crippen molar-refractivity contribution >= 4 is 5.84 Å². The molecule has 1 aromatic heterocycles. The number of nitrogen functional groups attached to an aromatic ring is 1. The molecule has 5 heteroatoms. The third-order valence-corrected chi connectivity index (χ3v) is 4.02. The van der Waals surface area contributed by atoms with Gasteiger partial charge in [-0.1, -0.05) is 20.3 Å². The molecule has 0 atom stereocenters. The summed E-state index contributed by atoms with van der Waals surface area (Å²) in [5.74, 6) is -0.128. The van der Waals surface area contributed by atoms with E-state index in [-0.39, 0.29) is 11.4 Å². The van der Waals surface area contributed by atoms with E-state index >= 15 is 0 Å². The monoisotopic (exact) mass is 276 g/mol. The number of hydrogen-bond donors (Lipinski definition) is 2. The van der Waals surface area contributed by atoms with Crippen molar-refractivity contribution in [3.63, 3.8) is 0 Å². The van der Waals surface area contributed by atoms with E-state index < -0.39 is 0 Å². The molecule has 0 unspecified atom stereocenters. The van der Waals surface area contributed by atoms with Gasteiger partial charge in [-0.15, -0.1) is 0 Å². The second-order valence-corrected chi connectivity index (χ2v) is 5.37. The average Bonchev–Trinajstić information content (AvgIpc) is 2.45. The molecule has 1 aliphatic rings. The van der Waals surface area contributed by atoms with Crippen LogP contribution < -0.4 is 11.3 Å². The van der Waals surface area contributed by atoms with Gasteiger partial charge in [0.05, 0.1) is 5.56 Å². The largest absolute Gasteiger partial charge is 0.384 e. The molecule has 0 bridgehead atoms. The summed E-state index contributed by atoms with van der Waals surface area (Å²) in [5.41, 5.74) is 8.10. The van der Waals surface area contributed by atoms with E-state index in [1.165, 1.54) is 0 Å². The Kier molecular flexibility index (Phi) is 4.60. The van der Waals surface area contributed by atoms with Crippen molar-refractivity contribution in [2.75, 3.05) is 13.1 Å². The average molecular weight is 276 g/mol. The lowest BCUT2D eigenvalue weighted by Crippen LogP contribution is -2.38. The van der Waals surface area contributed by atoms with Crippen molar-refractivity contribution in [1.29, 1.82) is 5.41 Å². The Balaban J connectivity index is 2.51. The summed E-state index contributed by atoms with van der Waals surface area (Å²) in [6, 6.07) is 1.82. The normalized spacial score (nSPS) is 15.1. The zero-order valence-corrected chi connectivity index (χ0v) is 12.4. The third kappa shape index (κ3) is 2.77. The Morgan fingerprint density at radius 1 is 1.45 bits per heavy atom. The molecule has 0 fully saturated rings. The van der Waals surface area contributed by atoms with Gasteiger partial charge in [0.2, 0.25) is 0 Å². The second kappa shape index (κ2) is 6.22. The summed E-state index contributed by atoms with van der Waals surface area (Å²) in [7, 11) is 0. The standard InChI is InChI=1S/C15H24N4O/c1-3-5-7-19-13-6-8-18(4-2)10-11(13)9-12(14(16)17)15(19)20/h9H,3-8,10H2,1-2H3,(H3,16,17). The lowest BCUT2D eigenvalue weighted by atomic mass is 10.0. The van der Waals surface area contributed by atoms with Crippen molar-refractivity contribution in [3.8, 4) is 0 Å². The SMILES string of the molecule is CCCCn1c2c(cc(C(=N)N)c1=O)CN(CC)CC2. The maximum atomic E-state index is 12.5. The first-order valence-electron chi connectivity index (χ1n) is 7.40. The predicted molar refractivity (Wildman–Crippen MR) is 81.3 cm³/mol. The molecule has 5 nitrogen and oxygen atoms in total. The van der Waals surface area contributed by atoms with Crippen LogP contribution in [-0.4, -0.2) is 28.4 Å². The summed E-state index contributed by atoms with van der Waals surface area (Å²) in [6.45, 7) is 7.83. The quantitative estimate of drug-likeness (QED) is 0.629. The molecule has 0 aromatic carbocycles. The topological polar surface area (TPSA) is 75.1 Å². The Morgan fingerprint density at radius 3 is 2.80 bits per heavy atom. The molecular weight excluding hydrogens is 252 g/mol. The van der Waals surface area contributed by atoms with Crippen LogP contribution in [0.3, 0.4) is 0 Å². The Bertz CT molecular complexity index is 562. The highest BCUT2D eigenvalue weighted by molar-refractivity contribution is 5.94. The first-order valence-corrected chi connectivity index (χ1v) is 7.40. The first kappa shape index (κ1) is 14.8. The number of nitrogens with zero attached hydrogens (tertiary/aromatic N) is 2. The highest BCUT2D eigenvalue weighted by Gasteiger charge is 2.21. The molecule has 0 saturated carbocycles. The van der Waals surface area contributed by atoms with Crippen molar-refractivity contribution < 1.29 is 0 Å².